The molecule has 0 saturated heterocycles. The molecular formula is C11H11F8N3O3S. The average Bonchev–Trinajstić information content (AvgIpc) is 2.45. The van der Waals surface area contributed by atoms with Crippen LogP contribution >= 0.6 is 0 Å². The minimum absolute atomic E-state index is 0.250. The first kappa shape index (κ1) is 24.0. The summed E-state index contributed by atoms with van der Waals surface area (Å²) in [6.07, 6.45) is -5.97. The van der Waals surface area contributed by atoms with Crippen molar-refractivity contribution in [3.63, 3.8) is 0 Å². The number of hydrazine groups is 1. The number of primary amides is 1. The van der Waals surface area contributed by atoms with Crippen molar-refractivity contribution < 1.29 is 48.3 Å². The summed E-state index contributed by atoms with van der Waals surface area (Å²) in [5.74, 6) is 0.605. The molecule has 0 saturated carbocycles. The van der Waals surface area contributed by atoms with Gasteiger partial charge in [-0.3, -0.25) is 4.79 Å². The molecule has 4 N–H and O–H groups in total. The summed E-state index contributed by atoms with van der Waals surface area (Å²) in [5.41, 5.74) is -1.26. The van der Waals surface area contributed by atoms with Crippen LogP contribution in [0.1, 0.15) is 6.92 Å². The Morgan fingerprint density at radius 1 is 1.04 bits per heavy atom. The molecule has 0 spiro atoms. The molecule has 1 aromatic carbocycles. The molecule has 26 heavy (non-hydrogen) atoms. The van der Waals surface area contributed by atoms with Crippen molar-refractivity contribution in [2.24, 2.45) is 11.6 Å². The van der Waals surface area contributed by atoms with Crippen LogP contribution in [0.15, 0.2) is 23.1 Å². The third-order valence-electron chi connectivity index (χ3n) is 2.81. The van der Waals surface area contributed by atoms with E-state index in [1.807, 2.05) is 0 Å². The second-order valence-corrected chi connectivity index (χ2v) is 6.28. The summed E-state index contributed by atoms with van der Waals surface area (Å²) >= 11 is 0. The number of halogens is 8. The Bertz CT molecular complexity index is 731. The number of sulfonamides is 1. The minimum Gasteiger partial charge on any atom is -0.372 e. The van der Waals surface area contributed by atoms with Crippen molar-refractivity contribution in [1.82, 2.24) is 4.41 Å². The van der Waals surface area contributed by atoms with Crippen LogP contribution in [0.25, 0.3) is 0 Å². The Hall–Kier alpha value is -2.00. The highest BCUT2D eigenvalue weighted by Gasteiger charge is 2.72. The van der Waals surface area contributed by atoms with Crippen LogP contribution in [0.4, 0.5) is 35.1 Å². The van der Waals surface area contributed by atoms with Gasteiger partial charge in [0.2, 0.25) is 6.41 Å². The predicted octanol–water partition coefficient (Wildman–Crippen LogP) is 1.81. The number of alkyl halides is 6. The highest BCUT2D eigenvalue weighted by molar-refractivity contribution is 7.89. The number of hydrogen-bond donors (Lipinski definition) is 2. The molecule has 1 aromatic rings. The van der Waals surface area contributed by atoms with Crippen molar-refractivity contribution in [3.05, 3.63) is 29.8 Å². The van der Waals surface area contributed by atoms with Gasteiger partial charge in [0.25, 0.3) is 15.7 Å². The zero-order valence-corrected chi connectivity index (χ0v) is 13.4. The maximum atomic E-state index is 13.6. The number of nitrogens with zero attached hydrogens (tertiary/aromatic N) is 1. The lowest BCUT2D eigenvalue weighted by Crippen LogP contribution is -2.65. The zero-order valence-electron chi connectivity index (χ0n) is 12.6. The Kier molecular flexibility index (Phi) is 7.12. The van der Waals surface area contributed by atoms with E-state index in [1.54, 1.807) is 0 Å². The molecule has 0 aromatic heterocycles. The summed E-state index contributed by atoms with van der Waals surface area (Å²) in [5, 5.41) is 0. The van der Waals surface area contributed by atoms with Crippen LogP contribution in [-0.4, -0.2) is 37.1 Å². The van der Waals surface area contributed by atoms with Gasteiger partial charge in [-0.05, 0) is 19.1 Å². The quantitative estimate of drug-likeness (QED) is 0.256. The SMILES string of the molecule is CC(F)(C(F)(F)F)C(F)(F)N(N)S(=O)(=O)c1c(F)cccc1F.NC=O. The maximum Gasteiger partial charge on any atom is 0.429 e. The number of carbonyl (C=O) groups excluding carboxylic acids is 1. The minimum atomic E-state index is -6.22. The molecule has 150 valence electrons. The fraction of sp³-hybridized carbons (Fsp3) is 0.364. The van der Waals surface area contributed by atoms with E-state index in [4.69, 9.17) is 4.79 Å². The van der Waals surface area contributed by atoms with E-state index in [-0.39, 0.29) is 6.41 Å². The zero-order chi connectivity index (χ0) is 21.1. The lowest BCUT2D eigenvalue weighted by molar-refractivity contribution is -0.322. The van der Waals surface area contributed by atoms with Gasteiger partial charge in [0.05, 0.1) is 0 Å². The van der Waals surface area contributed by atoms with Crippen molar-refractivity contribution in [2.75, 3.05) is 0 Å². The van der Waals surface area contributed by atoms with Crippen molar-refractivity contribution in [3.8, 4) is 0 Å². The molecule has 0 fully saturated rings. The van der Waals surface area contributed by atoms with Gasteiger partial charge < -0.3 is 5.73 Å². The van der Waals surface area contributed by atoms with E-state index in [0.717, 1.165) is 0 Å². The first-order valence-electron chi connectivity index (χ1n) is 6.03. The second kappa shape index (κ2) is 7.71. The molecular weight excluding hydrogens is 406 g/mol. The van der Waals surface area contributed by atoms with Gasteiger partial charge in [-0.15, -0.1) is 0 Å². The normalized spacial score (nSPS) is 15.0. The van der Waals surface area contributed by atoms with Crippen LogP contribution in [0.2, 0.25) is 0 Å². The van der Waals surface area contributed by atoms with Crippen molar-refractivity contribution in [2.45, 2.75) is 29.7 Å². The van der Waals surface area contributed by atoms with Crippen molar-refractivity contribution >= 4 is 16.4 Å². The fourth-order valence-electron chi connectivity index (χ4n) is 1.36. The van der Waals surface area contributed by atoms with E-state index in [1.165, 1.54) is 0 Å². The summed E-state index contributed by atoms with van der Waals surface area (Å²) < 4.78 is 126. The van der Waals surface area contributed by atoms with Crippen LogP contribution in [0.3, 0.4) is 0 Å². The average molecular weight is 417 g/mol. The van der Waals surface area contributed by atoms with E-state index >= 15 is 0 Å². The Balaban J connectivity index is 0.00000194. The highest BCUT2D eigenvalue weighted by Crippen LogP contribution is 2.47. The van der Waals surface area contributed by atoms with Gasteiger partial charge in [0.15, 0.2) is 4.90 Å². The van der Waals surface area contributed by atoms with E-state index < -0.39 is 55.8 Å². The maximum absolute atomic E-state index is 13.6. The first-order valence-corrected chi connectivity index (χ1v) is 7.47. The molecule has 1 unspecified atom stereocenters. The van der Waals surface area contributed by atoms with Gasteiger partial charge >= 0.3 is 12.2 Å². The summed E-state index contributed by atoms with van der Waals surface area (Å²) in [4.78, 5) is 6.54. The number of amides is 1. The first-order chi connectivity index (χ1) is 11.5. The van der Waals surface area contributed by atoms with Gasteiger partial charge in [-0.25, -0.2) is 27.4 Å². The highest BCUT2D eigenvalue weighted by atomic mass is 32.2. The smallest absolute Gasteiger partial charge is 0.372 e. The van der Waals surface area contributed by atoms with Crippen LogP contribution in [0.5, 0.6) is 0 Å². The molecule has 0 heterocycles. The fourth-order valence-corrected chi connectivity index (χ4v) is 2.65. The molecule has 0 aliphatic heterocycles. The molecule has 0 radical (unpaired) electrons. The Morgan fingerprint density at radius 3 is 1.69 bits per heavy atom. The van der Waals surface area contributed by atoms with Gasteiger partial charge in [0, 0.05) is 0 Å². The van der Waals surface area contributed by atoms with Gasteiger partial charge in [-0.1, -0.05) is 10.5 Å². The lowest BCUT2D eigenvalue weighted by atomic mass is 10.1. The standard InChI is InChI=1S/C10H8F8N2O2S.CH3NO/c1-8(13,9(14,15)16)10(17,18)20(19)23(21,22)7-5(11)3-2-4-6(7)12;2-1-3/h2-4H,19H2,1H3;1H,(H2,2,3). The Morgan fingerprint density at radius 2 is 1.38 bits per heavy atom. The third kappa shape index (κ3) is 4.21. The second-order valence-electron chi connectivity index (χ2n) is 4.53. The largest absolute Gasteiger partial charge is 0.429 e. The summed E-state index contributed by atoms with van der Waals surface area (Å²) in [6.45, 7) is -0.667. The topological polar surface area (TPSA) is 106 Å². The molecule has 1 atom stereocenters. The molecule has 1 amide bonds. The predicted molar refractivity (Wildman–Crippen MR) is 70.3 cm³/mol. The molecule has 0 aliphatic rings. The molecule has 6 nitrogen and oxygen atoms in total. The summed E-state index contributed by atoms with van der Waals surface area (Å²) in [7, 11) is -6.03. The van der Waals surface area contributed by atoms with E-state index in [0.29, 0.717) is 18.2 Å². The number of rotatable bonds is 4. The van der Waals surface area contributed by atoms with Gasteiger partial charge in [-0.2, -0.15) is 22.0 Å². The molecule has 15 heteroatoms. The number of benzene rings is 1. The van der Waals surface area contributed by atoms with Crippen molar-refractivity contribution in [1.29, 1.82) is 0 Å². The van der Waals surface area contributed by atoms with Gasteiger partial charge in [0.1, 0.15) is 11.6 Å². The van der Waals surface area contributed by atoms with E-state index in [9.17, 15) is 43.5 Å². The van der Waals surface area contributed by atoms with Crippen LogP contribution in [0, 0.1) is 11.6 Å². The molecule has 1 rings (SSSR count). The van der Waals surface area contributed by atoms with E-state index in [2.05, 4.69) is 11.6 Å². The number of hydrogen-bond acceptors (Lipinski definition) is 4. The summed E-state index contributed by atoms with van der Waals surface area (Å²) in [6, 6.07) is -4.56. The Labute approximate surface area is 141 Å². The third-order valence-corrected chi connectivity index (χ3v) is 4.46. The lowest BCUT2D eigenvalue weighted by Gasteiger charge is -2.36. The molecule has 0 aliphatic carbocycles. The number of nitrogens with two attached hydrogens (primary N) is 2. The number of carbonyl (C=O) groups is 1. The van der Waals surface area contributed by atoms with Crippen LogP contribution < -0.4 is 11.6 Å². The monoisotopic (exact) mass is 417 g/mol. The van der Waals surface area contributed by atoms with Crippen LogP contribution in [-0.2, 0) is 14.8 Å². The molecule has 0 bridgehead atoms.